The Kier molecular flexibility index (Phi) is 5.49. The van der Waals surface area contributed by atoms with Gasteiger partial charge in [-0.05, 0) is 36.4 Å². The first kappa shape index (κ1) is 18.6. The Morgan fingerprint density at radius 3 is 2.11 bits per heavy atom. The van der Waals surface area contributed by atoms with Crippen molar-refractivity contribution in [3.05, 3.63) is 64.2 Å². The summed E-state index contributed by atoms with van der Waals surface area (Å²) in [5.41, 5.74) is 1.30. The second-order valence-electron chi connectivity index (χ2n) is 5.96. The maximum absolute atomic E-state index is 12.5. The Morgan fingerprint density at radius 2 is 1.59 bits per heavy atom. The molecule has 0 saturated carbocycles. The number of amides is 1. The molecule has 1 amide bonds. The van der Waals surface area contributed by atoms with E-state index < -0.39 is 11.5 Å². The van der Waals surface area contributed by atoms with Crippen LogP contribution in [0.1, 0.15) is 10.4 Å². The van der Waals surface area contributed by atoms with E-state index in [-0.39, 0.29) is 17.3 Å². The molecular formula is C18H17F2N3O4. The molecule has 9 heteroatoms. The van der Waals surface area contributed by atoms with Crippen LogP contribution in [0, 0.1) is 10.1 Å². The van der Waals surface area contributed by atoms with Gasteiger partial charge in [0.1, 0.15) is 5.75 Å². The quantitative estimate of drug-likeness (QED) is 0.591. The van der Waals surface area contributed by atoms with Gasteiger partial charge in [0, 0.05) is 49.6 Å². The number of hydrogen-bond acceptors (Lipinski definition) is 5. The van der Waals surface area contributed by atoms with Crippen LogP contribution >= 0.6 is 0 Å². The number of carbonyl (C=O) groups is 1. The molecule has 7 nitrogen and oxygen atoms in total. The van der Waals surface area contributed by atoms with Crippen LogP contribution in [0.4, 0.5) is 20.2 Å². The van der Waals surface area contributed by atoms with E-state index in [1.54, 1.807) is 17.0 Å². The summed E-state index contributed by atoms with van der Waals surface area (Å²) in [5.74, 6) is -0.175. The van der Waals surface area contributed by atoms with Crippen molar-refractivity contribution in [3.63, 3.8) is 0 Å². The lowest BCUT2D eigenvalue weighted by Crippen LogP contribution is -2.48. The molecule has 0 aromatic heterocycles. The molecule has 0 aliphatic carbocycles. The molecule has 1 heterocycles. The lowest BCUT2D eigenvalue weighted by molar-refractivity contribution is -0.384. The third kappa shape index (κ3) is 4.49. The Morgan fingerprint density at radius 1 is 1.00 bits per heavy atom. The zero-order chi connectivity index (χ0) is 19.4. The highest BCUT2D eigenvalue weighted by molar-refractivity contribution is 5.94. The summed E-state index contributed by atoms with van der Waals surface area (Å²) < 4.78 is 28.6. The predicted molar refractivity (Wildman–Crippen MR) is 94.3 cm³/mol. The second-order valence-corrected chi connectivity index (χ2v) is 5.96. The van der Waals surface area contributed by atoms with Crippen molar-refractivity contribution >= 4 is 17.3 Å². The van der Waals surface area contributed by atoms with Crippen LogP contribution in [0.2, 0.25) is 0 Å². The largest absolute Gasteiger partial charge is 0.435 e. The molecule has 0 spiro atoms. The molecule has 27 heavy (non-hydrogen) atoms. The number of hydrogen-bond donors (Lipinski definition) is 0. The number of ether oxygens (including phenoxy) is 1. The molecule has 0 atom stereocenters. The Labute approximate surface area is 153 Å². The van der Waals surface area contributed by atoms with E-state index >= 15 is 0 Å². The van der Waals surface area contributed by atoms with Gasteiger partial charge in [0.2, 0.25) is 0 Å². The highest BCUT2D eigenvalue weighted by atomic mass is 19.3. The summed E-state index contributed by atoms with van der Waals surface area (Å²) in [7, 11) is 0. The van der Waals surface area contributed by atoms with Gasteiger partial charge in [-0.25, -0.2) is 0 Å². The van der Waals surface area contributed by atoms with Gasteiger partial charge in [-0.1, -0.05) is 0 Å². The molecule has 3 rings (SSSR count). The minimum absolute atomic E-state index is 0.00420. The van der Waals surface area contributed by atoms with Gasteiger partial charge in [-0.15, -0.1) is 0 Å². The van der Waals surface area contributed by atoms with Crippen LogP contribution in [0.15, 0.2) is 48.5 Å². The van der Waals surface area contributed by atoms with E-state index in [9.17, 15) is 23.7 Å². The number of nitrogens with zero attached hydrogens (tertiary/aromatic N) is 3. The van der Waals surface area contributed by atoms with E-state index in [1.165, 1.54) is 36.4 Å². The van der Waals surface area contributed by atoms with Crippen molar-refractivity contribution in [1.82, 2.24) is 4.90 Å². The summed E-state index contributed by atoms with van der Waals surface area (Å²) in [4.78, 5) is 26.5. The van der Waals surface area contributed by atoms with Gasteiger partial charge in [0.25, 0.3) is 11.6 Å². The van der Waals surface area contributed by atoms with E-state index in [4.69, 9.17) is 0 Å². The van der Waals surface area contributed by atoms with Crippen LogP contribution < -0.4 is 9.64 Å². The first-order chi connectivity index (χ1) is 12.9. The maximum atomic E-state index is 12.5. The molecule has 1 aliphatic heterocycles. The maximum Gasteiger partial charge on any atom is 0.387 e. The number of piperazine rings is 1. The Bertz CT molecular complexity index is 804. The van der Waals surface area contributed by atoms with Crippen LogP contribution in [0.25, 0.3) is 0 Å². The van der Waals surface area contributed by atoms with Crippen LogP contribution in [0.5, 0.6) is 5.75 Å². The number of benzene rings is 2. The van der Waals surface area contributed by atoms with Crippen molar-refractivity contribution in [3.8, 4) is 5.75 Å². The molecule has 0 N–H and O–H groups in total. The summed E-state index contributed by atoms with van der Waals surface area (Å²) in [6.45, 7) is -0.735. The summed E-state index contributed by atoms with van der Waals surface area (Å²) in [6.07, 6.45) is 0. The Balaban J connectivity index is 1.58. The van der Waals surface area contributed by atoms with Crippen LogP contribution in [-0.2, 0) is 0 Å². The number of nitro groups is 1. The number of non-ortho nitro benzene ring substituents is 1. The van der Waals surface area contributed by atoms with Crippen molar-refractivity contribution in [2.75, 3.05) is 31.1 Å². The molecule has 142 valence electrons. The molecule has 1 aliphatic rings. The van der Waals surface area contributed by atoms with Gasteiger partial charge in [-0.2, -0.15) is 8.78 Å². The van der Waals surface area contributed by atoms with E-state index in [0.717, 1.165) is 5.69 Å². The number of carbonyl (C=O) groups excluding carboxylic acids is 1. The minimum Gasteiger partial charge on any atom is -0.435 e. The smallest absolute Gasteiger partial charge is 0.387 e. The highest BCUT2D eigenvalue weighted by Crippen LogP contribution is 2.22. The number of alkyl halides is 2. The number of anilines is 1. The summed E-state index contributed by atoms with van der Waals surface area (Å²) >= 11 is 0. The number of halogens is 2. The highest BCUT2D eigenvalue weighted by Gasteiger charge is 2.22. The molecule has 0 radical (unpaired) electrons. The van der Waals surface area contributed by atoms with E-state index in [1.807, 2.05) is 4.90 Å². The van der Waals surface area contributed by atoms with Gasteiger partial charge < -0.3 is 14.5 Å². The van der Waals surface area contributed by atoms with Gasteiger partial charge in [0.15, 0.2) is 0 Å². The lowest BCUT2D eigenvalue weighted by atomic mass is 10.1. The first-order valence-electron chi connectivity index (χ1n) is 8.27. The standard InChI is InChI=1S/C18H17F2N3O4/c19-18(20)27-16-7-1-13(2-8-16)17(24)22-11-9-21(10-12-22)14-3-5-15(6-4-14)23(25)26/h1-8,18H,9-12H2. The topological polar surface area (TPSA) is 75.9 Å². The summed E-state index contributed by atoms with van der Waals surface area (Å²) in [5, 5.41) is 10.7. The average Bonchev–Trinajstić information content (AvgIpc) is 2.68. The first-order valence-corrected chi connectivity index (χ1v) is 8.27. The normalized spacial score (nSPS) is 14.3. The van der Waals surface area contributed by atoms with Crippen LogP contribution in [0.3, 0.4) is 0 Å². The number of nitro benzene ring substituents is 1. The van der Waals surface area contributed by atoms with E-state index in [2.05, 4.69) is 4.74 Å². The fourth-order valence-electron chi connectivity index (χ4n) is 2.91. The minimum atomic E-state index is -2.90. The van der Waals surface area contributed by atoms with Crippen molar-refractivity contribution in [2.45, 2.75) is 6.61 Å². The molecule has 0 bridgehead atoms. The zero-order valence-corrected chi connectivity index (χ0v) is 14.3. The van der Waals surface area contributed by atoms with Gasteiger partial charge in [-0.3, -0.25) is 14.9 Å². The molecule has 2 aromatic carbocycles. The molecule has 2 aromatic rings. The van der Waals surface area contributed by atoms with Crippen molar-refractivity contribution in [1.29, 1.82) is 0 Å². The molecule has 1 saturated heterocycles. The number of rotatable bonds is 5. The predicted octanol–water partition coefficient (Wildman–Crippen LogP) is 3.16. The van der Waals surface area contributed by atoms with Gasteiger partial charge >= 0.3 is 6.61 Å². The SMILES string of the molecule is O=C(c1ccc(OC(F)F)cc1)N1CCN(c2ccc([N+](=O)[O-])cc2)CC1. The fourth-order valence-corrected chi connectivity index (χ4v) is 2.91. The third-order valence-corrected chi connectivity index (χ3v) is 4.32. The molecular weight excluding hydrogens is 360 g/mol. The fraction of sp³-hybridized carbons (Fsp3) is 0.278. The summed E-state index contributed by atoms with van der Waals surface area (Å²) in [6, 6.07) is 11.9. The van der Waals surface area contributed by atoms with Gasteiger partial charge in [0.05, 0.1) is 4.92 Å². The van der Waals surface area contributed by atoms with E-state index in [0.29, 0.717) is 31.7 Å². The molecule has 0 unspecified atom stereocenters. The lowest BCUT2D eigenvalue weighted by Gasteiger charge is -2.36. The third-order valence-electron chi connectivity index (χ3n) is 4.32. The second kappa shape index (κ2) is 7.98. The zero-order valence-electron chi connectivity index (χ0n) is 14.3. The monoisotopic (exact) mass is 377 g/mol. The average molecular weight is 377 g/mol. The van der Waals surface area contributed by atoms with Crippen LogP contribution in [-0.4, -0.2) is 48.5 Å². The Hall–Kier alpha value is -3.23. The van der Waals surface area contributed by atoms with Crippen molar-refractivity contribution < 1.29 is 23.2 Å². The molecule has 1 fully saturated rings. The van der Waals surface area contributed by atoms with Crippen molar-refractivity contribution in [2.24, 2.45) is 0 Å².